The Morgan fingerprint density at radius 3 is 2.18 bits per heavy atom. The molecule has 0 aromatic carbocycles. The highest BCUT2D eigenvalue weighted by Gasteiger charge is 2.32. The molecule has 2 aliphatic rings. The van der Waals surface area contributed by atoms with Crippen LogP contribution in [0.2, 0.25) is 0 Å². The number of piperidine rings is 1. The minimum atomic E-state index is -3.27. The van der Waals surface area contributed by atoms with Gasteiger partial charge in [0.15, 0.2) is 0 Å². The predicted octanol–water partition coefficient (Wildman–Crippen LogP) is 3.09. The Bertz CT molecular complexity index is 581. The third-order valence-electron chi connectivity index (χ3n) is 4.89. The molecule has 0 unspecified atom stereocenters. The summed E-state index contributed by atoms with van der Waals surface area (Å²) in [5.74, 6) is 0. The van der Waals surface area contributed by atoms with Crippen molar-refractivity contribution in [3.8, 4) is 0 Å². The zero-order chi connectivity index (χ0) is 15.6. The van der Waals surface area contributed by atoms with E-state index in [2.05, 4.69) is 4.90 Å². The molecule has 0 aliphatic carbocycles. The van der Waals surface area contributed by atoms with Crippen LogP contribution in [-0.4, -0.2) is 49.8 Å². The highest BCUT2D eigenvalue weighted by molar-refractivity contribution is 7.91. The van der Waals surface area contributed by atoms with Gasteiger partial charge in [-0.2, -0.15) is 4.31 Å². The van der Waals surface area contributed by atoms with Crippen molar-refractivity contribution in [2.45, 2.75) is 55.7 Å². The van der Waals surface area contributed by atoms with E-state index in [1.165, 1.54) is 50.1 Å². The number of hydrogen-bond acceptors (Lipinski definition) is 4. The lowest BCUT2D eigenvalue weighted by atomic mass is 10.0. The van der Waals surface area contributed by atoms with Gasteiger partial charge in [-0.05, 0) is 57.8 Å². The van der Waals surface area contributed by atoms with Crippen LogP contribution in [0.4, 0.5) is 0 Å². The van der Waals surface area contributed by atoms with Crippen LogP contribution in [-0.2, 0) is 10.0 Å². The molecule has 4 nitrogen and oxygen atoms in total. The van der Waals surface area contributed by atoms with Gasteiger partial charge in [0.2, 0.25) is 0 Å². The molecule has 0 radical (unpaired) electrons. The largest absolute Gasteiger partial charge is 0.300 e. The van der Waals surface area contributed by atoms with Gasteiger partial charge in [-0.1, -0.05) is 12.8 Å². The number of thiophene rings is 1. The Morgan fingerprint density at radius 2 is 1.64 bits per heavy atom. The smallest absolute Gasteiger partial charge is 0.252 e. The molecule has 0 spiro atoms. The van der Waals surface area contributed by atoms with Crippen LogP contribution in [0.15, 0.2) is 16.3 Å². The Kier molecular flexibility index (Phi) is 5.22. The molecule has 1 aromatic rings. The Morgan fingerprint density at radius 1 is 1.00 bits per heavy atom. The van der Waals surface area contributed by atoms with Crippen molar-refractivity contribution in [3.63, 3.8) is 0 Å². The van der Waals surface area contributed by atoms with Crippen LogP contribution in [0.3, 0.4) is 0 Å². The minimum absolute atomic E-state index is 0.498. The van der Waals surface area contributed by atoms with Gasteiger partial charge in [0.1, 0.15) is 4.21 Å². The van der Waals surface area contributed by atoms with Crippen LogP contribution in [0.5, 0.6) is 0 Å². The highest BCUT2D eigenvalue weighted by Crippen LogP contribution is 2.28. The summed E-state index contributed by atoms with van der Waals surface area (Å²) in [6.45, 7) is 5.68. The molecule has 0 N–H and O–H groups in total. The quantitative estimate of drug-likeness (QED) is 0.847. The standard InChI is InChI=1S/C16H26N2O2S2/c1-14-6-7-16(21-14)22(19,20)18-12-8-15(9-13-18)17-10-4-2-3-5-11-17/h6-7,15H,2-5,8-13H2,1H3. The molecule has 124 valence electrons. The number of hydrogen-bond donors (Lipinski definition) is 0. The van der Waals surface area contributed by atoms with Crippen molar-refractivity contribution in [1.29, 1.82) is 0 Å². The molecular formula is C16H26N2O2S2. The molecule has 3 heterocycles. The molecule has 1 aromatic heterocycles. The second-order valence-electron chi connectivity index (χ2n) is 6.45. The maximum Gasteiger partial charge on any atom is 0.252 e. The van der Waals surface area contributed by atoms with Gasteiger partial charge in [-0.15, -0.1) is 11.3 Å². The molecule has 2 fully saturated rings. The van der Waals surface area contributed by atoms with Crippen molar-refractivity contribution < 1.29 is 8.42 Å². The number of likely N-dealkylation sites (tertiary alicyclic amines) is 1. The summed E-state index contributed by atoms with van der Waals surface area (Å²) in [4.78, 5) is 3.66. The Balaban J connectivity index is 1.61. The average molecular weight is 343 g/mol. The van der Waals surface area contributed by atoms with Crippen LogP contribution >= 0.6 is 11.3 Å². The van der Waals surface area contributed by atoms with E-state index in [1.54, 1.807) is 10.4 Å². The molecule has 0 atom stereocenters. The number of rotatable bonds is 3. The summed E-state index contributed by atoms with van der Waals surface area (Å²) >= 11 is 1.38. The van der Waals surface area contributed by atoms with E-state index in [0.717, 1.165) is 17.7 Å². The van der Waals surface area contributed by atoms with Crippen LogP contribution in [0, 0.1) is 6.92 Å². The van der Waals surface area contributed by atoms with Gasteiger partial charge in [0, 0.05) is 24.0 Å². The van der Waals surface area contributed by atoms with Crippen molar-refractivity contribution in [3.05, 3.63) is 17.0 Å². The molecule has 0 bridgehead atoms. The van der Waals surface area contributed by atoms with Gasteiger partial charge in [0.25, 0.3) is 10.0 Å². The van der Waals surface area contributed by atoms with Gasteiger partial charge in [-0.25, -0.2) is 8.42 Å². The minimum Gasteiger partial charge on any atom is -0.300 e. The zero-order valence-electron chi connectivity index (χ0n) is 13.3. The second-order valence-corrected chi connectivity index (χ2v) is 9.90. The van der Waals surface area contributed by atoms with Crippen molar-refractivity contribution in [1.82, 2.24) is 9.21 Å². The normalized spacial score (nSPS) is 23.5. The summed E-state index contributed by atoms with van der Waals surface area (Å²) in [5.41, 5.74) is 0. The Labute approximate surface area is 138 Å². The summed E-state index contributed by atoms with van der Waals surface area (Å²) < 4.78 is 27.5. The van der Waals surface area contributed by atoms with Gasteiger partial charge < -0.3 is 4.90 Å². The van der Waals surface area contributed by atoms with Crippen LogP contribution < -0.4 is 0 Å². The van der Waals surface area contributed by atoms with E-state index < -0.39 is 10.0 Å². The van der Waals surface area contributed by atoms with E-state index in [9.17, 15) is 8.42 Å². The van der Waals surface area contributed by atoms with Crippen molar-refractivity contribution >= 4 is 21.4 Å². The first-order chi connectivity index (χ1) is 10.6. The van der Waals surface area contributed by atoms with Crippen LogP contribution in [0.1, 0.15) is 43.4 Å². The molecular weight excluding hydrogens is 316 g/mol. The fraction of sp³-hybridized carbons (Fsp3) is 0.750. The number of sulfonamides is 1. The lowest BCUT2D eigenvalue weighted by Crippen LogP contribution is -2.46. The molecule has 0 amide bonds. The van der Waals surface area contributed by atoms with E-state index in [1.807, 2.05) is 13.0 Å². The topological polar surface area (TPSA) is 40.6 Å². The fourth-order valence-electron chi connectivity index (χ4n) is 3.59. The summed E-state index contributed by atoms with van der Waals surface area (Å²) in [6, 6.07) is 4.22. The third kappa shape index (κ3) is 3.55. The molecule has 3 rings (SSSR count). The zero-order valence-corrected chi connectivity index (χ0v) is 15.0. The van der Waals surface area contributed by atoms with Gasteiger partial charge in [-0.3, -0.25) is 0 Å². The molecule has 0 saturated carbocycles. The second kappa shape index (κ2) is 6.99. The summed E-state index contributed by atoms with van der Waals surface area (Å²) in [5, 5.41) is 0. The SMILES string of the molecule is Cc1ccc(S(=O)(=O)N2CCC(N3CCCCCC3)CC2)s1. The molecule has 6 heteroatoms. The average Bonchev–Trinajstić information content (AvgIpc) is 2.80. The van der Waals surface area contributed by atoms with E-state index in [0.29, 0.717) is 23.3 Å². The molecule has 22 heavy (non-hydrogen) atoms. The number of aryl methyl sites for hydroxylation is 1. The first-order valence-corrected chi connectivity index (χ1v) is 10.6. The lowest BCUT2D eigenvalue weighted by Gasteiger charge is -2.37. The van der Waals surface area contributed by atoms with E-state index >= 15 is 0 Å². The van der Waals surface area contributed by atoms with Crippen molar-refractivity contribution in [2.75, 3.05) is 26.2 Å². The number of nitrogens with zero attached hydrogens (tertiary/aromatic N) is 2. The predicted molar refractivity (Wildman–Crippen MR) is 90.9 cm³/mol. The summed E-state index contributed by atoms with van der Waals surface area (Å²) in [6.07, 6.45) is 7.25. The maximum atomic E-state index is 12.7. The fourth-order valence-corrected chi connectivity index (χ4v) is 6.49. The maximum absolute atomic E-state index is 12.7. The van der Waals surface area contributed by atoms with E-state index in [-0.39, 0.29) is 0 Å². The monoisotopic (exact) mass is 342 g/mol. The lowest BCUT2D eigenvalue weighted by molar-refractivity contribution is 0.144. The highest BCUT2D eigenvalue weighted by atomic mass is 32.2. The van der Waals surface area contributed by atoms with Gasteiger partial charge in [0.05, 0.1) is 0 Å². The third-order valence-corrected chi connectivity index (χ3v) is 8.26. The van der Waals surface area contributed by atoms with Crippen molar-refractivity contribution in [2.24, 2.45) is 0 Å². The first-order valence-electron chi connectivity index (χ1n) is 8.38. The van der Waals surface area contributed by atoms with E-state index in [4.69, 9.17) is 0 Å². The van der Waals surface area contributed by atoms with Gasteiger partial charge >= 0.3 is 0 Å². The molecule has 2 saturated heterocycles. The molecule has 2 aliphatic heterocycles. The van der Waals surface area contributed by atoms with Crippen LogP contribution in [0.25, 0.3) is 0 Å². The Hall–Kier alpha value is -0.430. The first kappa shape index (κ1) is 16.4. The summed E-state index contributed by atoms with van der Waals surface area (Å²) in [7, 11) is -3.27.